The number of nitrogen functional groups attached to an aromatic ring is 1. The van der Waals surface area contributed by atoms with E-state index in [4.69, 9.17) is 22.7 Å². The molecular formula is C8H14ClN7. The first-order chi connectivity index (χ1) is 7.69. The van der Waals surface area contributed by atoms with Crippen LogP contribution in [-0.2, 0) is 6.54 Å². The van der Waals surface area contributed by atoms with E-state index < -0.39 is 0 Å². The van der Waals surface area contributed by atoms with Crippen LogP contribution < -0.4 is 27.1 Å². The number of alkyl halides is 1. The highest BCUT2D eigenvalue weighted by molar-refractivity contribution is 6.18. The topological polar surface area (TPSA) is 95.0 Å². The largest absolute Gasteiger partial charge is 0.368 e. The van der Waals surface area contributed by atoms with Gasteiger partial charge in [-0.2, -0.15) is 4.98 Å². The molecule has 7 nitrogen and oxygen atoms in total. The SMILES string of the molecule is CNn1c(N)nc2c(c1=N)CNN2CCCl. The van der Waals surface area contributed by atoms with Crippen LogP contribution in [0.4, 0.5) is 11.8 Å². The molecule has 8 heteroatoms. The number of hydrogen-bond donors (Lipinski definition) is 4. The summed E-state index contributed by atoms with van der Waals surface area (Å²) in [4.78, 5) is 4.25. The van der Waals surface area contributed by atoms with Crippen LogP contribution in [0, 0.1) is 5.41 Å². The molecule has 16 heavy (non-hydrogen) atoms. The third-order valence-electron chi connectivity index (χ3n) is 2.46. The van der Waals surface area contributed by atoms with E-state index >= 15 is 0 Å². The number of fused-ring (bicyclic) bond motifs is 1. The average molecular weight is 244 g/mol. The normalized spacial score (nSPS) is 14.0. The Hall–Kier alpha value is -1.47. The van der Waals surface area contributed by atoms with Crippen LogP contribution in [0.25, 0.3) is 0 Å². The summed E-state index contributed by atoms with van der Waals surface area (Å²) in [5.41, 5.74) is 12.8. The molecular weight excluding hydrogens is 230 g/mol. The minimum absolute atomic E-state index is 0.259. The average Bonchev–Trinajstić information content (AvgIpc) is 2.63. The molecule has 2 rings (SSSR count). The summed E-state index contributed by atoms with van der Waals surface area (Å²) >= 11 is 5.68. The van der Waals surface area contributed by atoms with Gasteiger partial charge in [-0.25, -0.2) is 10.1 Å². The lowest BCUT2D eigenvalue weighted by atomic mass is 10.3. The highest BCUT2D eigenvalue weighted by Crippen LogP contribution is 2.19. The molecule has 0 aliphatic carbocycles. The van der Waals surface area contributed by atoms with Crippen LogP contribution in [0.3, 0.4) is 0 Å². The first kappa shape index (κ1) is 11.0. The summed E-state index contributed by atoms with van der Waals surface area (Å²) in [6, 6.07) is 0. The van der Waals surface area contributed by atoms with Crippen molar-refractivity contribution in [2.45, 2.75) is 6.54 Å². The number of rotatable bonds is 3. The molecule has 0 amide bonds. The van der Waals surface area contributed by atoms with Crippen LogP contribution in [0.5, 0.6) is 0 Å². The molecule has 0 spiro atoms. The van der Waals surface area contributed by atoms with Gasteiger partial charge in [0.2, 0.25) is 5.95 Å². The maximum Gasteiger partial charge on any atom is 0.223 e. The van der Waals surface area contributed by atoms with Crippen LogP contribution in [0.15, 0.2) is 0 Å². The van der Waals surface area contributed by atoms with E-state index in [0.29, 0.717) is 30.3 Å². The van der Waals surface area contributed by atoms with Gasteiger partial charge in [0.15, 0.2) is 11.3 Å². The standard InChI is InChI=1S/C8H14ClN7/c1-12-16-6(10)5-4-13-15(3-2-9)7(5)14-8(16)11/h10,12-13H,2-4H2,1H3,(H2,11,14). The van der Waals surface area contributed by atoms with Crippen LogP contribution >= 0.6 is 11.6 Å². The van der Waals surface area contributed by atoms with E-state index in [1.54, 1.807) is 7.05 Å². The van der Waals surface area contributed by atoms with E-state index in [0.717, 1.165) is 5.56 Å². The molecule has 0 radical (unpaired) electrons. The lowest BCUT2D eigenvalue weighted by molar-refractivity contribution is 0.683. The number of anilines is 2. The molecule has 0 bridgehead atoms. The maximum atomic E-state index is 7.97. The Morgan fingerprint density at radius 1 is 1.69 bits per heavy atom. The smallest absolute Gasteiger partial charge is 0.223 e. The van der Waals surface area contributed by atoms with Crippen molar-refractivity contribution in [1.29, 1.82) is 5.41 Å². The number of nitrogens with two attached hydrogens (primary N) is 1. The van der Waals surface area contributed by atoms with Gasteiger partial charge in [0.25, 0.3) is 0 Å². The Morgan fingerprint density at radius 3 is 3.06 bits per heavy atom. The third kappa shape index (κ3) is 1.57. The molecule has 0 atom stereocenters. The molecule has 1 aromatic rings. The molecule has 0 saturated heterocycles. The van der Waals surface area contributed by atoms with Crippen molar-refractivity contribution in [3.8, 4) is 0 Å². The van der Waals surface area contributed by atoms with Gasteiger partial charge >= 0.3 is 0 Å². The molecule has 88 valence electrons. The van der Waals surface area contributed by atoms with Gasteiger partial charge in [0, 0.05) is 26.0 Å². The Bertz CT molecular complexity index is 454. The summed E-state index contributed by atoms with van der Waals surface area (Å²) < 4.78 is 1.44. The molecule has 0 aromatic carbocycles. The summed E-state index contributed by atoms with van der Waals surface area (Å²) in [5, 5.41) is 9.79. The Labute approximate surface area is 97.7 Å². The summed E-state index contributed by atoms with van der Waals surface area (Å²) in [5.74, 6) is 1.44. The summed E-state index contributed by atoms with van der Waals surface area (Å²) in [6.07, 6.45) is 0. The molecule has 1 aliphatic rings. The van der Waals surface area contributed by atoms with Gasteiger partial charge in [-0.15, -0.1) is 11.6 Å². The van der Waals surface area contributed by atoms with Gasteiger partial charge in [0.1, 0.15) is 0 Å². The molecule has 0 unspecified atom stereocenters. The fourth-order valence-electron chi connectivity index (χ4n) is 1.71. The quantitative estimate of drug-likeness (QED) is 0.521. The zero-order chi connectivity index (χ0) is 11.7. The number of halogens is 1. The number of hydrazine groups is 1. The van der Waals surface area contributed by atoms with Gasteiger partial charge in [-0.3, -0.25) is 10.4 Å². The fourth-order valence-corrected chi connectivity index (χ4v) is 1.88. The van der Waals surface area contributed by atoms with E-state index in [-0.39, 0.29) is 5.95 Å². The third-order valence-corrected chi connectivity index (χ3v) is 2.63. The predicted octanol–water partition coefficient (Wildman–Crippen LogP) is -0.819. The van der Waals surface area contributed by atoms with E-state index in [2.05, 4.69) is 15.8 Å². The van der Waals surface area contributed by atoms with Crippen molar-refractivity contribution in [1.82, 2.24) is 15.1 Å². The van der Waals surface area contributed by atoms with Gasteiger partial charge in [0.05, 0.1) is 5.56 Å². The summed E-state index contributed by atoms with van der Waals surface area (Å²) in [7, 11) is 1.70. The van der Waals surface area contributed by atoms with Crippen LogP contribution in [0.1, 0.15) is 5.56 Å². The number of aromatic nitrogens is 2. The van der Waals surface area contributed by atoms with Crippen molar-refractivity contribution >= 4 is 23.4 Å². The second kappa shape index (κ2) is 4.18. The first-order valence-corrected chi connectivity index (χ1v) is 5.43. The van der Waals surface area contributed by atoms with Crippen molar-refractivity contribution < 1.29 is 0 Å². The minimum atomic E-state index is 0.259. The van der Waals surface area contributed by atoms with Crippen molar-refractivity contribution in [3.05, 3.63) is 11.1 Å². The highest BCUT2D eigenvalue weighted by atomic mass is 35.5. The molecule has 1 aliphatic heterocycles. The minimum Gasteiger partial charge on any atom is -0.368 e. The second-order valence-corrected chi connectivity index (χ2v) is 3.73. The van der Waals surface area contributed by atoms with Gasteiger partial charge in [-0.1, -0.05) is 0 Å². The summed E-state index contributed by atoms with van der Waals surface area (Å²) in [6.45, 7) is 1.20. The molecule has 0 fully saturated rings. The lowest BCUT2D eigenvalue weighted by Gasteiger charge is -2.17. The zero-order valence-electron chi connectivity index (χ0n) is 8.92. The Balaban J connectivity index is 2.50. The lowest BCUT2D eigenvalue weighted by Crippen LogP contribution is -2.35. The van der Waals surface area contributed by atoms with Crippen molar-refractivity contribution in [2.24, 2.45) is 0 Å². The van der Waals surface area contributed by atoms with E-state index in [9.17, 15) is 0 Å². The zero-order valence-corrected chi connectivity index (χ0v) is 9.67. The predicted molar refractivity (Wildman–Crippen MR) is 62.7 cm³/mol. The van der Waals surface area contributed by atoms with Crippen molar-refractivity contribution in [2.75, 3.05) is 35.6 Å². The number of nitrogens with zero attached hydrogens (tertiary/aromatic N) is 3. The monoisotopic (exact) mass is 243 g/mol. The maximum absolute atomic E-state index is 7.97. The van der Waals surface area contributed by atoms with E-state index in [1.165, 1.54) is 4.68 Å². The number of nitrogens with one attached hydrogen (secondary N) is 3. The van der Waals surface area contributed by atoms with Crippen molar-refractivity contribution in [3.63, 3.8) is 0 Å². The highest BCUT2D eigenvalue weighted by Gasteiger charge is 2.23. The number of hydrogen-bond acceptors (Lipinski definition) is 6. The van der Waals surface area contributed by atoms with Crippen LogP contribution in [-0.4, -0.2) is 29.1 Å². The molecule has 1 aromatic heterocycles. The first-order valence-electron chi connectivity index (χ1n) is 4.89. The van der Waals surface area contributed by atoms with Gasteiger partial charge in [-0.05, 0) is 0 Å². The fraction of sp³-hybridized carbons (Fsp3) is 0.500. The molecule has 2 heterocycles. The van der Waals surface area contributed by atoms with Gasteiger partial charge < -0.3 is 11.2 Å². The second-order valence-electron chi connectivity index (χ2n) is 3.36. The van der Waals surface area contributed by atoms with Crippen LogP contribution in [0.2, 0.25) is 0 Å². The molecule has 0 saturated carbocycles. The molecule has 5 N–H and O–H groups in total. The Kier molecular flexibility index (Phi) is 2.88. The Morgan fingerprint density at radius 2 is 2.44 bits per heavy atom. The van der Waals surface area contributed by atoms with E-state index in [1.807, 2.05) is 5.01 Å².